The zero-order valence-corrected chi connectivity index (χ0v) is 10.2. The molecule has 0 radical (unpaired) electrons. The molecule has 88 valence electrons. The Morgan fingerprint density at radius 2 is 1.93 bits per heavy atom. The minimum Gasteiger partial charge on any atom is -0.322 e. The zero-order chi connectivity index (χ0) is 11.3. The van der Waals surface area contributed by atoms with Crippen molar-refractivity contribution in [1.29, 1.82) is 0 Å². The molecule has 2 nitrogen and oxygen atoms in total. The summed E-state index contributed by atoms with van der Waals surface area (Å²) in [7, 11) is 0. The van der Waals surface area contributed by atoms with Crippen molar-refractivity contribution in [2.24, 2.45) is 17.6 Å². The first-order chi connectivity index (χ1) is 7.09. The Hall–Kier alpha value is -0.370. The number of hydrogen-bond donors (Lipinski definition) is 1. The van der Waals surface area contributed by atoms with Crippen molar-refractivity contribution in [1.82, 2.24) is 0 Å². The van der Waals surface area contributed by atoms with Gasteiger partial charge in [0.15, 0.2) is 0 Å². The van der Waals surface area contributed by atoms with Gasteiger partial charge < -0.3 is 5.73 Å². The van der Waals surface area contributed by atoms with Crippen LogP contribution >= 0.6 is 0 Å². The maximum Gasteiger partial charge on any atom is 0.146 e. The van der Waals surface area contributed by atoms with Crippen molar-refractivity contribution in [3.8, 4) is 0 Å². The van der Waals surface area contributed by atoms with Crippen LogP contribution in [0.25, 0.3) is 0 Å². The highest BCUT2D eigenvalue weighted by Crippen LogP contribution is 2.31. The third-order valence-electron chi connectivity index (χ3n) is 3.70. The molecule has 2 heteroatoms. The predicted molar refractivity (Wildman–Crippen MR) is 63.6 cm³/mol. The van der Waals surface area contributed by atoms with Crippen molar-refractivity contribution in [3.05, 3.63) is 0 Å². The maximum absolute atomic E-state index is 11.0. The molecular formula is C13H25NO. The zero-order valence-electron chi connectivity index (χ0n) is 10.2. The Morgan fingerprint density at radius 3 is 2.47 bits per heavy atom. The van der Waals surface area contributed by atoms with Crippen LogP contribution in [-0.2, 0) is 4.79 Å². The average Bonchev–Trinajstić information content (AvgIpc) is 2.66. The molecule has 15 heavy (non-hydrogen) atoms. The Morgan fingerprint density at radius 1 is 1.33 bits per heavy atom. The Balaban J connectivity index is 2.12. The standard InChI is InChI=1S/C13H25NO/c1-10(7-8-13(14)11(2)15)9-12-5-3-4-6-12/h10,12-13H,3-9,14H2,1-2H3. The summed E-state index contributed by atoms with van der Waals surface area (Å²) in [5, 5.41) is 0. The lowest BCUT2D eigenvalue weighted by Gasteiger charge is -2.17. The topological polar surface area (TPSA) is 43.1 Å². The number of hydrogen-bond acceptors (Lipinski definition) is 2. The van der Waals surface area contributed by atoms with E-state index in [2.05, 4.69) is 6.92 Å². The lowest BCUT2D eigenvalue weighted by Crippen LogP contribution is -2.28. The quantitative estimate of drug-likeness (QED) is 0.734. The Bertz CT molecular complexity index is 197. The molecule has 1 aliphatic carbocycles. The van der Waals surface area contributed by atoms with Gasteiger partial charge in [-0.1, -0.05) is 32.6 Å². The van der Waals surface area contributed by atoms with E-state index in [1.165, 1.54) is 32.1 Å². The molecule has 0 amide bonds. The normalized spacial score (nSPS) is 21.5. The lowest BCUT2D eigenvalue weighted by atomic mass is 9.90. The van der Waals surface area contributed by atoms with Crippen molar-refractivity contribution in [3.63, 3.8) is 0 Å². The van der Waals surface area contributed by atoms with Gasteiger partial charge in [0.25, 0.3) is 0 Å². The second-order valence-electron chi connectivity index (χ2n) is 5.29. The van der Waals surface area contributed by atoms with Crippen LogP contribution in [0.5, 0.6) is 0 Å². The highest BCUT2D eigenvalue weighted by atomic mass is 16.1. The van der Waals surface area contributed by atoms with Crippen molar-refractivity contribution in [2.45, 2.75) is 64.8 Å². The van der Waals surface area contributed by atoms with E-state index in [1.807, 2.05) is 0 Å². The van der Waals surface area contributed by atoms with E-state index in [0.717, 1.165) is 24.7 Å². The molecule has 2 atom stereocenters. The third-order valence-corrected chi connectivity index (χ3v) is 3.70. The Labute approximate surface area is 93.6 Å². The highest BCUT2D eigenvalue weighted by Gasteiger charge is 2.18. The average molecular weight is 211 g/mol. The smallest absolute Gasteiger partial charge is 0.146 e. The molecule has 1 fully saturated rings. The lowest BCUT2D eigenvalue weighted by molar-refractivity contribution is -0.118. The molecular weight excluding hydrogens is 186 g/mol. The number of ketones is 1. The van der Waals surface area contributed by atoms with Gasteiger partial charge in [0, 0.05) is 0 Å². The number of nitrogens with two attached hydrogens (primary N) is 1. The predicted octanol–water partition coefficient (Wildman–Crippen LogP) is 2.90. The van der Waals surface area contributed by atoms with E-state index in [0.29, 0.717) is 0 Å². The fourth-order valence-electron chi connectivity index (χ4n) is 2.60. The molecule has 2 unspecified atom stereocenters. The fraction of sp³-hybridized carbons (Fsp3) is 0.923. The number of carbonyl (C=O) groups is 1. The third kappa shape index (κ3) is 4.78. The van der Waals surface area contributed by atoms with Crippen molar-refractivity contribution in [2.75, 3.05) is 0 Å². The summed E-state index contributed by atoms with van der Waals surface area (Å²) in [5.74, 6) is 1.81. The first-order valence-electron chi connectivity index (χ1n) is 6.35. The largest absolute Gasteiger partial charge is 0.322 e. The first kappa shape index (κ1) is 12.7. The molecule has 2 N–H and O–H groups in total. The van der Waals surface area contributed by atoms with Gasteiger partial charge in [0.05, 0.1) is 6.04 Å². The SMILES string of the molecule is CC(=O)C(N)CCC(C)CC1CCCC1. The molecule has 0 aromatic heterocycles. The van der Waals surface area contributed by atoms with Crippen LogP contribution in [0, 0.1) is 11.8 Å². The fourth-order valence-corrected chi connectivity index (χ4v) is 2.60. The molecule has 0 aromatic carbocycles. The summed E-state index contributed by atoms with van der Waals surface area (Å²) in [6.45, 7) is 3.89. The van der Waals surface area contributed by atoms with Gasteiger partial charge in [0.2, 0.25) is 0 Å². The summed E-state index contributed by atoms with van der Waals surface area (Å²) in [6.07, 6.45) is 8.99. The van der Waals surface area contributed by atoms with Crippen molar-refractivity contribution >= 4 is 5.78 Å². The van der Waals surface area contributed by atoms with Gasteiger partial charge >= 0.3 is 0 Å². The van der Waals surface area contributed by atoms with E-state index in [1.54, 1.807) is 6.92 Å². The van der Waals surface area contributed by atoms with E-state index >= 15 is 0 Å². The van der Waals surface area contributed by atoms with E-state index in [9.17, 15) is 4.79 Å². The number of Topliss-reactive ketones (excluding diaryl/α,β-unsaturated/α-hetero) is 1. The molecule has 1 saturated carbocycles. The summed E-state index contributed by atoms with van der Waals surface area (Å²) >= 11 is 0. The van der Waals surface area contributed by atoms with Crippen LogP contribution in [-0.4, -0.2) is 11.8 Å². The minimum atomic E-state index is -0.226. The van der Waals surface area contributed by atoms with Crippen LogP contribution in [0.3, 0.4) is 0 Å². The van der Waals surface area contributed by atoms with Crippen LogP contribution < -0.4 is 5.73 Å². The van der Waals surface area contributed by atoms with Gasteiger partial charge in [0.1, 0.15) is 5.78 Å². The van der Waals surface area contributed by atoms with E-state index in [4.69, 9.17) is 5.73 Å². The van der Waals surface area contributed by atoms with Crippen molar-refractivity contribution < 1.29 is 4.79 Å². The van der Waals surface area contributed by atoms with Gasteiger partial charge in [-0.3, -0.25) is 4.79 Å². The summed E-state index contributed by atoms with van der Waals surface area (Å²) < 4.78 is 0. The van der Waals surface area contributed by atoms with Crippen LogP contribution in [0.4, 0.5) is 0 Å². The van der Waals surface area contributed by atoms with Gasteiger partial charge in [-0.15, -0.1) is 0 Å². The molecule has 0 spiro atoms. The second-order valence-corrected chi connectivity index (χ2v) is 5.29. The molecule has 1 rings (SSSR count). The highest BCUT2D eigenvalue weighted by molar-refractivity contribution is 5.80. The van der Waals surface area contributed by atoms with Crippen LogP contribution in [0.1, 0.15) is 58.8 Å². The minimum absolute atomic E-state index is 0.128. The maximum atomic E-state index is 11.0. The molecule has 0 aliphatic heterocycles. The molecule has 0 bridgehead atoms. The first-order valence-corrected chi connectivity index (χ1v) is 6.35. The van der Waals surface area contributed by atoms with E-state index in [-0.39, 0.29) is 11.8 Å². The number of carbonyl (C=O) groups excluding carboxylic acids is 1. The van der Waals surface area contributed by atoms with E-state index < -0.39 is 0 Å². The monoisotopic (exact) mass is 211 g/mol. The van der Waals surface area contributed by atoms with Gasteiger partial charge in [-0.05, 0) is 38.0 Å². The summed E-state index contributed by atoms with van der Waals surface area (Å²) in [4.78, 5) is 11.0. The van der Waals surface area contributed by atoms with Crippen LogP contribution in [0.2, 0.25) is 0 Å². The molecule has 0 aromatic rings. The van der Waals surface area contributed by atoms with Gasteiger partial charge in [-0.2, -0.15) is 0 Å². The molecule has 1 aliphatic rings. The molecule has 0 heterocycles. The number of rotatable bonds is 6. The van der Waals surface area contributed by atoms with Crippen LogP contribution in [0.15, 0.2) is 0 Å². The Kier molecular flexibility index (Phi) is 5.30. The summed E-state index contributed by atoms with van der Waals surface area (Å²) in [6, 6.07) is -0.226. The summed E-state index contributed by atoms with van der Waals surface area (Å²) in [5.41, 5.74) is 5.72. The molecule has 0 saturated heterocycles. The van der Waals surface area contributed by atoms with Gasteiger partial charge in [-0.25, -0.2) is 0 Å². The second kappa shape index (κ2) is 6.26.